The number of hydrogen-bond donors (Lipinski definition) is 2. The highest BCUT2D eigenvalue weighted by Crippen LogP contribution is 2.38. The van der Waals surface area contributed by atoms with Crippen molar-refractivity contribution in [2.24, 2.45) is 0 Å². The number of nitrogens with zero attached hydrogens (tertiary/aromatic N) is 2. The molecule has 0 spiro atoms. The topological polar surface area (TPSA) is 79.3 Å². The Morgan fingerprint density at radius 1 is 1.07 bits per heavy atom. The van der Waals surface area contributed by atoms with E-state index in [1.54, 1.807) is 42.5 Å². The average Bonchev–Trinajstić information content (AvgIpc) is 3.09. The first kappa shape index (κ1) is 19.4. The zero-order chi connectivity index (χ0) is 21.5. The number of halogens is 3. The van der Waals surface area contributed by atoms with Gasteiger partial charge < -0.3 is 10.3 Å². The number of carbonyl (C=O) groups excluding carboxylic acids is 1. The maximum Gasteiger partial charge on any atom is 0.435 e. The number of aromatic amines is 1. The summed E-state index contributed by atoms with van der Waals surface area (Å²) in [6.07, 6.45) is -4.76. The van der Waals surface area contributed by atoms with E-state index in [1.165, 1.54) is 19.1 Å². The molecule has 0 unspecified atom stereocenters. The first-order valence-electron chi connectivity index (χ1n) is 8.91. The normalized spacial score (nSPS) is 11.6. The number of fused-ring (bicyclic) bond motifs is 1. The van der Waals surface area contributed by atoms with Crippen molar-refractivity contribution in [3.63, 3.8) is 0 Å². The number of rotatable bonds is 3. The summed E-state index contributed by atoms with van der Waals surface area (Å²) in [5.41, 5.74) is -0.806. The fourth-order valence-corrected chi connectivity index (χ4v) is 3.28. The van der Waals surface area contributed by atoms with E-state index in [9.17, 15) is 22.8 Å². The van der Waals surface area contributed by atoms with Crippen LogP contribution in [0.25, 0.3) is 28.0 Å². The molecule has 0 aliphatic rings. The number of amides is 1. The minimum atomic E-state index is -4.76. The zero-order valence-corrected chi connectivity index (χ0v) is 15.6. The second kappa shape index (κ2) is 7.18. The van der Waals surface area contributed by atoms with Gasteiger partial charge in [0.05, 0.1) is 16.9 Å². The van der Waals surface area contributed by atoms with Gasteiger partial charge in [0.1, 0.15) is 5.65 Å². The number of para-hydroxylation sites is 1. The lowest BCUT2D eigenvalue weighted by Gasteiger charge is -2.11. The molecule has 0 bridgehead atoms. The Labute approximate surface area is 168 Å². The highest BCUT2D eigenvalue weighted by molar-refractivity contribution is 5.94. The van der Waals surface area contributed by atoms with Crippen LogP contribution in [0, 0.1) is 0 Å². The first-order valence-corrected chi connectivity index (χ1v) is 8.91. The standard InChI is InChI=1S/C21H15F3N4O2/c1-12(29)25-15-10-6-5-9-14(15)16-11-17(30)28-20(26-16)18(13-7-3-2-4-8-13)19(27-28)21(22,23)24/h2-11,26H,1H3,(H,25,29). The van der Waals surface area contributed by atoms with Crippen LogP contribution in [-0.2, 0) is 11.0 Å². The number of carbonyl (C=O) groups is 1. The summed E-state index contributed by atoms with van der Waals surface area (Å²) in [6.45, 7) is 1.34. The molecule has 2 N–H and O–H groups in total. The van der Waals surface area contributed by atoms with Crippen LogP contribution in [0.15, 0.2) is 65.5 Å². The Morgan fingerprint density at radius 2 is 1.73 bits per heavy atom. The molecule has 0 radical (unpaired) electrons. The van der Waals surface area contributed by atoms with E-state index in [1.807, 2.05) is 0 Å². The van der Waals surface area contributed by atoms with Gasteiger partial charge in [0.15, 0.2) is 5.69 Å². The number of nitrogens with one attached hydrogen (secondary N) is 2. The van der Waals surface area contributed by atoms with E-state index in [2.05, 4.69) is 15.4 Å². The summed E-state index contributed by atoms with van der Waals surface area (Å²) in [4.78, 5) is 27.1. The Morgan fingerprint density at radius 3 is 2.40 bits per heavy atom. The minimum absolute atomic E-state index is 0.0892. The number of benzene rings is 2. The van der Waals surface area contributed by atoms with Crippen molar-refractivity contribution in [3.8, 4) is 22.4 Å². The van der Waals surface area contributed by atoms with Crippen molar-refractivity contribution in [2.45, 2.75) is 13.1 Å². The van der Waals surface area contributed by atoms with Gasteiger partial charge in [-0.3, -0.25) is 9.59 Å². The van der Waals surface area contributed by atoms with E-state index in [0.717, 1.165) is 6.07 Å². The lowest BCUT2D eigenvalue weighted by molar-refractivity contribution is -0.140. The van der Waals surface area contributed by atoms with Gasteiger partial charge in [0.25, 0.3) is 5.56 Å². The summed E-state index contributed by atoms with van der Waals surface area (Å²) >= 11 is 0. The predicted octanol–water partition coefficient (Wildman–Crippen LogP) is 4.33. The number of anilines is 1. The van der Waals surface area contributed by atoms with Crippen LogP contribution in [0.3, 0.4) is 0 Å². The molecule has 4 rings (SSSR count). The van der Waals surface area contributed by atoms with Crippen molar-refractivity contribution < 1.29 is 18.0 Å². The van der Waals surface area contributed by atoms with Crippen molar-refractivity contribution in [1.82, 2.24) is 14.6 Å². The Kier molecular flexibility index (Phi) is 4.65. The van der Waals surface area contributed by atoms with Crippen LogP contribution < -0.4 is 10.9 Å². The third-order valence-electron chi connectivity index (χ3n) is 4.47. The molecule has 0 atom stereocenters. The largest absolute Gasteiger partial charge is 0.435 e. The van der Waals surface area contributed by atoms with Crippen molar-refractivity contribution in [2.75, 3.05) is 5.32 Å². The van der Waals surface area contributed by atoms with Crippen LogP contribution in [0.5, 0.6) is 0 Å². The molecule has 0 aliphatic heterocycles. The summed E-state index contributed by atoms with van der Waals surface area (Å²) in [7, 11) is 0. The van der Waals surface area contributed by atoms with Gasteiger partial charge in [0, 0.05) is 18.6 Å². The summed E-state index contributed by atoms with van der Waals surface area (Å²) in [5, 5.41) is 6.20. The Balaban J connectivity index is 2.04. The zero-order valence-electron chi connectivity index (χ0n) is 15.6. The molecule has 0 fully saturated rings. The molecule has 1 amide bonds. The van der Waals surface area contributed by atoms with E-state index in [0.29, 0.717) is 15.8 Å². The van der Waals surface area contributed by atoms with Gasteiger partial charge >= 0.3 is 6.18 Å². The second-order valence-corrected chi connectivity index (χ2v) is 6.60. The predicted molar refractivity (Wildman–Crippen MR) is 106 cm³/mol. The van der Waals surface area contributed by atoms with Crippen LogP contribution in [0.4, 0.5) is 18.9 Å². The number of hydrogen-bond acceptors (Lipinski definition) is 3. The quantitative estimate of drug-likeness (QED) is 0.526. The van der Waals surface area contributed by atoms with Gasteiger partial charge in [0.2, 0.25) is 5.91 Å². The molecule has 4 aromatic rings. The summed E-state index contributed by atoms with van der Waals surface area (Å²) in [5.74, 6) is -0.320. The second-order valence-electron chi connectivity index (χ2n) is 6.60. The van der Waals surface area contributed by atoms with E-state index < -0.39 is 17.4 Å². The van der Waals surface area contributed by atoms with Crippen LogP contribution >= 0.6 is 0 Å². The summed E-state index contributed by atoms with van der Waals surface area (Å²) in [6, 6.07) is 15.7. The van der Waals surface area contributed by atoms with Crippen LogP contribution in [0.2, 0.25) is 0 Å². The van der Waals surface area contributed by atoms with Gasteiger partial charge in [-0.1, -0.05) is 48.5 Å². The van der Waals surface area contributed by atoms with E-state index in [4.69, 9.17) is 0 Å². The van der Waals surface area contributed by atoms with E-state index in [-0.39, 0.29) is 28.4 Å². The minimum Gasteiger partial charge on any atom is -0.339 e. The monoisotopic (exact) mass is 412 g/mol. The smallest absolute Gasteiger partial charge is 0.339 e. The molecular formula is C21H15F3N4O2. The van der Waals surface area contributed by atoms with Crippen molar-refractivity contribution in [1.29, 1.82) is 0 Å². The van der Waals surface area contributed by atoms with Crippen LogP contribution in [-0.4, -0.2) is 20.5 Å². The van der Waals surface area contributed by atoms with Gasteiger partial charge in [-0.05, 0) is 11.6 Å². The van der Waals surface area contributed by atoms with Gasteiger partial charge in [-0.2, -0.15) is 22.8 Å². The van der Waals surface area contributed by atoms with E-state index >= 15 is 0 Å². The van der Waals surface area contributed by atoms with Crippen LogP contribution in [0.1, 0.15) is 12.6 Å². The Hall–Kier alpha value is -3.88. The van der Waals surface area contributed by atoms with Gasteiger partial charge in [-0.15, -0.1) is 0 Å². The number of aromatic nitrogens is 3. The third kappa shape index (κ3) is 3.45. The summed E-state index contributed by atoms with van der Waals surface area (Å²) < 4.78 is 41.8. The number of alkyl halides is 3. The molecule has 2 aromatic carbocycles. The molecule has 6 nitrogen and oxygen atoms in total. The molecule has 0 aliphatic carbocycles. The molecule has 2 aromatic heterocycles. The fourth-order valence-electron chi connectivity index (χ4n) is 3.28. The highest BCUT2D eigenvalue weighted by atomic mass is 19.4. The molecule has 30 heavy (non-hydrogen) atoms. The molecular weight excluding hydrogens is 397 g/mol. The molecule has 152 valence electrons. The number of H-pyrrole nitrogens is 1. The fraction of sp³-hybridized carbons (Fsp3) is 0.0952. The molecule has 0 saturated heterocycles. The lowest BCUT2D eigenvalue weighted by atomic mass is 10.1. The highest BCUT2D eigenvalue weighted by Gasteiger charge is 2.39. The SMILES string of the molecule is CC(=O)Nc1ccccc1-c1cc(=O)n2nc(C(F)(F)F)c(-c3ccccc3)c2[nH]1. The van der Waals surface area contributed by atoms with Gasteiger partial charge in [-0.25, -0.2) is 0 Å². The first-order chi connectivity index (χ1) is 14.3. The Bertz CT molecular complexity index is 1310. The van der Waals surface area contributed by atoms with Crippen molar-refractivity contribution >= 4 is 17.2 Å². The molecule has 9 heteroatoms. The van der Waals surface area contributed by atoms with Crippen molar-refractivity contribution in [3.05, 3.63) is 76.7 Å². The molecule has 0 saturated carbocycles. The third-order valence-corrected chi connectivity index (χ3v) is 4.47. The average molecular weight is 412 g/mol. The molecule has 2 heterocycles. The maximum absolute atomic E-state index is 13.7. The lowest BCUT2D eigenvalue weighted by Crippen LogP contribution is -2.16. The maximum atomic E-state index is 13.7.